The summed E-state index contributed by atoms with van der Waals surface area (Å²) in [5.41, 5.74) is 0. The molecule has 0 fully saturated rings. The average Bonchev–Trinajstić information content (AvgIpc) is 2.75. The van der Waals surface area contributed by atoms with Crippen LogP contribution in [-0.2, 0) is 9.59 Å². The van der Waals surface area contributed by atoms with Gasteiger partial charge in [0.2, 0.25) is 5.91 Å². The topological polar surface area (TPSA) is 66.4 Å². The SMILES string of the molecule is C=CCNC(=O)C(CC(=O)O)c1cccs1. The number of carboxylic acids is 1. The zero-order valence-corrected chi connectivity index (χ0v) is 9.50. The van der Waals surface area contributed by atoms with E-state index in [0.717, 1.165) is 4.88 Å². The van der Waals surface area contributed by atoms with Crippen LogP contribution in [-0.4, -0.2) is 23.5 Å². The van der Waals surface area contributed by atoms with Crippen molar-refractivity contribution in [3.8, 4) is 0 Å². The van der Waals surface area contributed by atoms with Gasteiger partial charge in [-0.3, -0.25) is 9.59 Å². The largest absolute Gasteiger partial charge is 0.481 e. The number of aliphatic carboxylic acids is 1. The summed E-state index contributed by atoms with van der Waals surface area (Å²) >= 11 is 1.38. The van der Waals surface area contributed by atoms with Crippen LogP contribution in [0.5, 0.6) is 0 Å². The molecule has 1 atom stereocenters. The summed E-state index contributed by atoms with van der Waals surface area (Å²) in [7, 11) is 0. The second-order valence-electron chi connectivity index (χ2n) is 3.20. The first-order chi connectivity index (χ1) is 7.65. The number of carbonyl (C=O) groups excluding carboxylic acids is 1. The molecule has 4 nitrogen and oxygen atoms in total. The average molecular weight is 239 g/mol. The molecule has 1 rings (SSSR count). The van der Waals surface area contributed by atoms with Gasteiger partial charge in [0.05, 0.1) is 12.3 Å². The molecule has 5 heteroatoms. The van der Waals surface area contributed by atoms with Gasteiger partial charge in [0, 0.05) is 11.4 Å². The van der Waals surface area contributed by atoms with Gasteiger partial charge in [0.15, 0.2) is 0 Å². The number of nitrogens with one attached hydrogen (secondary N) is 1. The molecular weight excluding hydrogens is 226 g/mol. The molecule has 1 amide bonds. The van der Waals surface area contributed by atoms with Gasteiger partial charge in [-0.05, 0) is 11.4 Å². The van der Waals surface area contributed by atoms with Crippen LogP contribution in [0, 0.1) is 0 Å². The third-order valence-corrected chi connectivity index (χ3v) is 2.99. The molecule has 0 bridgehead atoms. The van der Waals surface area contributed by atoms with Gasteiger partial charge in [-0.2, -0.15) is 0 Å². The predicted molar refractivity (Wildman–Crippen MR) is 62.5 cm³/mol. The van der Waals surface area contributed by atoms with Gasteiger partial charge in [0.25, 0.3) is 0 Å². The van der Waals surface area contributed by atoms with Crippen molar-refractivity contribution in [2.24, 2.45) is 0 Å². The van der Waals surface area contributed by atoms with Crippen LogP contribution in [0.25, 0.3) is 0 Å². The van der Waals surface area contributed by atoms with E-state index >= 15 is 0 Å². The highest BCUT2D eigenvalue weighted by atomic mass is 32.1. The van der Waals surface area contributed by atoms with Crippen molar-refractivity contribution in [3.63, 3.8) is 0 Å². The van der Waals surface area contributed by atoms with E-state index in [1.54, 1.807) is 18.2 Å². The standard InChI is InChI=1S/C11H13NO3S/c1-2-5-12-11(15)8(7-10(13)14)9-4-3-6-16-9/h2-4,6,8H,1,5,7H2,(H,12,15)(H,13,14). The summed E-state index contributed by atoms with van der Waals surface area (Å²) < 4.78 is 0. The Hall–Kier alpha value is -1.62. The fraction of sp³-hybridized carbons (Fsp3) is 0.273. The number of thiophene rings is 1. The molecule has 0 spiro atoms. The van der Waals surface area contributed by atoms with Crippen LogP contribution in [0.4, 0.5) is 0 Å². The van der Waals surface area contributed by atoms with Crippen LogP contribution in [0.15, 0.2) is 30.2 Å². The lowest BCUT2D eigenvalue weighted by atomic mass is 10.0. The quantitative estimate of drug-likeness (QED) is 0.741. The van der Waals surface area contributed by atoms with Gasteiger partial charge >= 0.3 is 5.97 Å². The molecule has 0 aromatic carbocycles. The van der Waals surface area contributed by atoms with Crippen LogP contribution in [0.3, 0.4) is 0 Å². The molecule has 1 unspecified atom stereocenters. The molecule has 2 N–H and O–H groups in total. The molecule has 1 heterocycles. The molecule has 86 valence electrons. The van der Waals surface area contributed by atoms with E-state index in [0.29, 0.717) is 6.54 Å². The van der Waals surface area contributed by atoms with Crippen molar-refractivity contribution in [3.05, 3.63) is 35.0 Å². The minimum Gasteiger partial charge on any atom is -0.481 e. The predicted octanol–water partition coefficient (Wildman–Crippen LogP) is 1.61. The summed E-state index contributed by atoms with van der Waals surface area (Å²) in [5, 5.41) is 13.2. The van der Waals surface area contributed by atoms with Crippen molar-refractivity contribution in [2.45, 2.75) is 12.3 Å². The van der Waals surface area contributed by atoms with Gasteiger partial charge in [0.1, 0.15) is 0 Å². The fourth-order valence-corrected chi connectivity index (χ4v) is 2.11. The fourth-order valence-electron chi connectivity index (χ4n) is 1.28. The Kier molecular flexibility index (Phi) is 4.72. The Labute approximate surface area is 97.6 Å². The molecule has 0 aliphatic carbocycles. The van der Waals surface area contributed by atoms with Crippen LogP contribution in [0.2, 0.25) is 0 Å². The maximum Gasteiger partial charge on any atom is 0.304 e. The van der Waals surface area contributed by atoms with Crippen molar-refractivity contribution in [2.75, 3.05) is 6.54 Å². The van der Waals surface area contributed by atoms with Gasteiger partial charge in [-0.25, -0.2) is 0 Å². The number of carbonyl (C=O) groups is 2. The van der Waals surface area contributed by atoms with E-state index < -0.39 is 11.9 Å². The number of hydrogen-bond acceptors (Lipinski definition) is 3. The van der Waals surface area contributed by atoms with E-state index in [-0.39, 0.29) is 12.3 Å². The number of amides is 1. The Morgan fingerprint density at radius 1 is 1.62 bits per heavy atom. The number of hydrogen-bond donors (Lipinski definition) is 2. The van der Waals surface area contributed by atoms with E-state index in [9.17, 15) is 9.59 Å². The smallest absolute Gasteiger partial charge is 0.304 e. The molecule has 0 aliphatic rings. The Bertz CT molecular complexity index is 373. The lowest BCUT2D eigenvalue weighted by Crippen LogP contribution is -2.30. The zero-order chi connectivity index (χ0) is 12.0. The third-order valence-electron chi connectivity index (χ3n) is 2.00. The van der Waals surface area contributed by atoms with Crippen molar-refractivity contribution < 1.29 is 14.7 Å². The molecule has 16 heavy (non-hydrogen) atoms. The van der Waals surface area contributed by atoms with Gasteiger partial charge in [-0.15, -0.1) is 17.9 Å². The van der Waals surface area contributed by atoms with Gasteiger partial charge < -0.3 is 10.4 Å². The summed E-state index contributed by atoms with van der Waals surface area (Å²) in [4.78, 5) is 23.2. The maximum atomic E-state index is 11.7. The monoisotopic (exact) mass is 239 g/mol. The molecule has 0 aliphatic heterocycles. The zero-order valence-electron chi connectivity index (χ0n) is 8.68. The summed E-state index contributed by atoms with van der Waals surface area (Å²) in [5.74, 6) is -1.87. The number of rotatable bonds is 6. The lowest BCUT2D eigenvalue weighted by Gasteiger charge is -2.12. The van der Waals surface area contributed by atoms with E-state index in [1.807, 2.05) is 5.38 Å². The van der Waals surface area contributed by atoms with Crippen molar-refractivity contribution >= 4 is 23.2 Å². The lowest BCUT2D eigenvalue weighted by molar-refractivity contribution is -0.139. The highest BCUT2D eigenvalue weighted by molar-refractivity contribution is 7.10. The second kappa shape index (κ2) is 6.07. The molecule has 1 aromatic heterocycles. The van der Waals surface area contributed by atoms with E-state index in [2.05, 4.69) is 11.9 Å². The molecular formula is C11H13NO3S. The highest BCUT2D eigenvalue weighted by Crippen LogP contribution is 2.24. The summed E-state index contributed by atoms with van der Waals surface area (Å²) in [6.07, 6.45) is 1.37. The van der Waals surface area contributed by atoms with Crippen molar-refractivity contribution in [1.29, 1.82) is 0 Å². The Balaban J connectivity index is 2.75. The Morgan fingerprint density at radius 2 is 2.38 bits per heavy atom. The first-order valence-electron chi connectivity index (χ1n) is 4.79. The Morgan fingerprint density at radius 3 is 2.88 bits per heavy atom. The molecule has 1 aromatic rings. The normalized spacial score (nSPS) is 11.8. The molecule has 0 radical (unpaired) electrons. The number of carboxylic acid groups (broad SMARTS) is 1. The van der Waals surface area contributed by atoms with E-state index in [4.69, 9.17) is 5.11 Å². The third kappa shape index (κ3) is 3.51. The second-order valence-corrected chi connectivity index (χ2v) is 4.18. The summed E-state index contributed by atoms with van der Waals surface area (Å²) in [6.45, 7) is 3.83. The maximum absolute atomic E-state index is 11.7. The molecule has 0 saturated heterocycles. The minimum atomic E-state index is -0.979. The van der Waals surface area contributed by atoms with Gasteiger partial charge in [-0.1, -0.05) is 12.1 Å². The van der Waals surface area contributed by atoms with Crippen LogP contribution < -0.4 is 5.32 Å². The van der Waals surface area contributed by atoms with Crippen LogP contribution >= 0.6 is 11.3 Å². The van der Waals surface area contributed by atoms with E-state index in [1.165, 1.54) is 11.3 Å². The minimum absolute atomic E-state index is 0.191. The first-order valence-corrected chi connectivity index (χ1v) is 5.67. The molecule has 0 saturated carbocycles. The van der Waals surface area contributed by atoms with Crippen molar-refractivity contribution in [1.82, 2.24) is 5.32 Å². The summed E-state index contributed by atoms with van der Waals surface area (Å²) in [6, 6.07) is 3.57. The van der Waals surface area contributed by atoms with Crippen LogP contribution in [0.1, 0.15) is 17.2 Å². The highest BCUT2D eigenvalue weighted by Gasteiger charge is 2.23. The first kappa shape index (κ1) is 12.4.